The standard InChI is InChI=1S/C20H20N4O3/c1-3-27-18-10-14(15-11-21-12-22-19(15)25)8-9-17(18)24-20(26)23-16-7-5-4-6-13(16)2/h4-12H,3H2,1-2H3,(H,21,22,25)(H2,23,24,26). The number of carbonyl (C=O) groups is 1. The van der Waals surface area contributed by atoms with Crippen molar-refractivity contribution in [3.63, 3.8) is 0 Å². The van der Waals surface area contributed by atoms with Crippen LogP contribution < -0.4 is 20.9 Å². The molecule has 0 unspecified atom stereocenters. The molecule has 1 aromatic heterocycles. The first-order valence-corrected chi connectivity index (χ1v) is 8.52. The molecule has 138 valence electrons. The zero-order valence-corrected chi connectivity index (χ0v) is 15.1. The Morgan fingerprint density at radius 3 is 2.67 bits per heavy atom. The average Bonchev–Trinajstić information content (AvgIpc) is 2.66. The topological polar surface area (TPSA) is 96.1 Å². The number of hydrogen-bond acceptors (Lipinski definition) is 4. The van der Waals surface area contributed by atoms with E-state index in [1.165, 1.54) is 12.5 Å². The smallest absolute Gasteiger partial charge is 0.323 e. The highest BCUT2D eigenvalue weighted by Gasteiger charge is 2.12. The van der Waals surface area contributed by atoms with Crippen LogP contribution in [0, 0.1) is 6.92 Å². The number of aryl methyl sites for hydroxylation is 1. The van der Waals surface area contributed by atoms with Crippen molar-refractivity contribution in [1.29, 1.82) is 0 Å². The molecular weight excluding hydrogens is 344 g/mol. The lowest BCUT2D eigenvalue weighted by molar-refractivity contribution is 0.262. The minimum atomic E-state index is -0.378. The van der Waals surface area contributed by atoms with Gasteiger partial charge in [-0.1, -0.05) is 24.3 Å². The van der Waals surface area contributed by atoms with Gasteiger partial charge in [-0.3, -0.25) is 4.79 Å². The van der Waals surface area contributed by atoms with E-state index < -0.39 is 0 Å². The van der Waals surface area contributed by atoms with Gasteiger partial charge in [-0.05, 0) is 43.2 Å². The van der Waals surface area contributed by atoms with E-state index in [2.05, 4.69) is 20.6 Å². The zero-order valence-electron chi connectivity index (χ0n) is 15.1. The van der Waals surface area contributed by atoms with E-state index in [9.17, 15) is 9.59 Å². The minimum Gasteiger partial charge on any atom is -0.492 e. The molecule has 0 aliphatic heterocycles. The van der Waals surface area contributed by atoms with Gasteiger partial charge in [0.2, 0.25) is 0 Å². The summed E-state index contributed by atoms with van der Waals surface area (Å²) >= 11 is 0. The molecule has 3 aromatic rings. The van der Waals surface area contributed by atoms with Crippen LogP contribution in [0.2, 0.25) is 0 Å². The van der Waals surface area contributed by atoms with Crippen molar-refractivity contribution in [3.05, 3.63) is 70.9 Å². The minimum absolute atomic E-state index is 0.245. The summed E-state index contributed by atoms with van der Waals surface area (Å²) in [6, 6.07) is 12.3. The number of amides is 2. The summed E-state index contributed by atoms with van der Waals surface area (Å²) in [6.45, 7) is 4.18. The maximum Gasteiger partial charge on any atom is 0.323 e. The number of nitrogens with one attached hydrogen (secondary N) is 3. The van der Waals surface area contributed by atoms with Crippen LogP contribution in [0.4, 0.5) is 16.2 Å². The number of hydrogen-bond donors (Lipinski definition) is 3. The highest BCUT2D eigenvalue weighted by atomic mass is 16.5. The van der Waals surface area contributed by atoms with Crippen LogP contribution >= 0.6 is 0 Å². The lowest BCUT2D eigenvalue weighted by Crippen LogP contribution is -2.20. The Labute approximate surface area is 156 Å². The lowest BCUT2D eigenvalue weighted by Gasteiger charge is -2.14. The summed E-state index contributed by atoms with van der Waals surface area (Å²) in [5, 5.41) is 5.60. The SMILES string of the molecule is CCOc1cc(-c2cnc[nH]c2=O)ccc1NC(=O)Nc1ccccc1C. The van der Waals surface area contributed by atoms with Gasteiger partial charge in [-0.25, -0.2) is 9.78 Å². The summed E-state index contributed by atoms with van der Waals surface area (Å²) in [4.78, 5) is 30.8. The number of H-pyrrole nitrogens is 1. The second-order valence-corrected chi connectivity index (χ2v) is 5.83. The molecule has 0 aliphatic rings. The lowest BCUT2D eigenvalue weighted by atomic mass is 10.1. The van der Waals surface area contributed by atoms with Crippen molar-refractivity contribution in [2.24, 2.45) is 0 Å². The molecule has 1 heterocycles. The molecule has 0 spiro atoms. The Morgan fingerprint density at radius 1 is 1.15 bits per heavy atom. The molecule has 0 saturated carbocycles. The van der Waals surface area contributed by atoms with E-state index in [1.807, 2.05) is 38.1 Å². The van der Waals surface area contributed by atoms with Gasteiger partial charge in [0.25, 0.3) is 5.56 Å². The van der Waals surface area contributed by atoms with E-state index in [4.69, 9.17) is 4.74 Å². The van der Waals surface area contributed by atoms with E-state index in [0.717, 1.165) is 11.3 Å². The van der Waals surface area contributed by atoms with Gasteiger partial charge in [0.05, 0.1) is 24.2 Å². The number of aromatic nitrogens is 2. The van der Waals surface area contributed by atoms with Crippen LogP contribution in [0.5, 0.6) is 5.75 Å². The zero-order chi connectivity index (χ0) is 19.2. The molecule has 0 atom stereocenters. The fourth-order valence-corrected chi connectivity index (χ4v) is 2.61. The van der Waals surface area contributed by atoms with Crippen molar-refractivity contribution in [2.75, 3.05) is 17.2 Å². The van der Waals surface area contributed by atoms with Crippen molar-refractivity contribution in [2.45, 2.75) is 13.8 Å². The van der Waals surface area contributed by atoms with Crippen LogP contribution in [0.25, 0.3) is 11.1 Å². The maximum absolute atomic E-state index is 12.4. The predicted molar refractivity (Wildman–Crippen MR) is 105 cm³/mol. The number of nitrogens with zero attached hydrogens (tertiary/aromatic N) is 1. The van der Waals surface area contributed by atoms with Crippen LogP contribution in [0.3, 0.4) is 0 Å². The highest BCUT2D eigenvalue weighted by Crippen LogP contribution is 2.30. The number of aromatic amines is 1. The monoisotopic (exact) mass is 364 g/mol. The molecule has 0 radical (unpaired) electrons. The van der Waals surface area contributed by atoms with Gasteiger partial charge in [-0.15, -0.1) is 0 Å². The third-order valence-corrected chi connectivity index (χ3v) is 3.95. The molecule has 2 aromatic carbocycles. The van der Waals surface area contributed by atoms with Crippen molar-refractivity contribution in [1.82, 2.24) is 9.97 Å². The van der Waals surface area contributed by atoms with Gasteiger partial charge in [-0.2, -0.15) is 0 Å². The van der Waals surface area contributed by atoms with Gasteiger partial charge in [0, 0.05) is 11.9 Å². The average molecular weight is 364 g/mol. The fourth-order valence-electron chi connectivity index (χ4n) is 2.61. The van der Waals surface area contributed by atoms with Crippen molar-refractivity contribution in [3.8, 4) is 16.9 Å². The molecular formula is C20H20N4O3. The Balaban J connectivity index is 1.85. The summed E-state index contributed by atoms with van der Waals surface area (Å²) < 4.78 is 5.64. The molecule has 0 saturated heterocycles. The first-order valence-electron chi connectivity index (χ1n) is 8.52. The Bertz CT molecular complexity index is 1010. The molecule has 7 nitrogen and oxygen atoms in total. The maximum atomic E-state index is 12.4. The molecule has 0 fully saturated rings. The van der Waals surface area contributed by atoms with E-state index >= 15 is 0 Å². The number of rotatable bonds is 5. The van der Waals surface area contributed by atoms with Crippen LogP contribution in [-0.4, -0.2) is 22.6 Å². The summed E-state index contributed by atoms with van der Waals surface area (Å²) in [5.74, 6) is 0.471. The quantitative estimate of drug-likeness (QED) is 0.642. The number of carbonyl (C=O) groups excluding carboxylic acids is 1. The number of para-hydroxylation sites is 1. The second-order valence-electron chi connectivity index (χ2n) is 5.83. The number of anilines is 2. The second kappa shape index (κ2) is 8.18. The molecule has 3 N–H and O–H groups in total. The van der Waals surface area contributed by atoms with Crippen molar-refractivity contribution < 1.29 is 9.53 Å². The Kier molecular flexibility index (Phi) is 5.51. The molecule has 0 bridgehead atoms. The Morgan fingerprint density at radius 2 is 1.93 bits per heavy atom. The molecule has 2 amide bonds. The Hall–Kier alpha value is -3.61. The first-order chi connectivity index (χ1) is 13.1. The largest absolute Gasteiger partial charge is 0.492 e. The summed E-state index contributed by atoms with van der Waals surface area (Å²) in [5.41, 5.74) is 3.03. The fraction of sp³-hybridized carbons (Fsp3) is 0.150. The third-order valence-electron chi connectivity index (χ3n) is 3.95. The summed E-state index contributed by atoms with van der Waals surface area (Å²) in [6.07, 6.45) is 2.82. The molecule has 0 aliphatic carbocycles. The van der Waals surface area contributed by atoms with Crippen LogP contribution in [0.15, 0.2) is 59.8 Å². The molecule has 7 heteroatoms. The van der Waals surface area contributed by atoms with Gasteiger partial charge < -0.3 is 20.4 Å². The first kappa shape index (κ1) is 18.2. The van der Waals surface area contributed by atoms with E-state index in [-0.39, 0.29) is 11.6 Å². The molecule has 27 heavy (non-hydrogen) atoms. The van der Waals surface area contributed by atoms with E-state index in [0.29, 0.717) is 29.2 Å². The number of benzene rings is 2. The number of urea groups is 1. The van der Waals surface area contributed by atoms with Crippen LogP contribution in [-0.2, 0) is 0 Å². The highest BCUT2D eigenvalue weighted by molar-refractivity contribution is 6.01. The summed E-state index contributed by atoms with van der Waals surface area (Å²) in [7, 11) is 0. The third kappa shape index (κ3) is 4.33. The number of ether oxygens (including phenoxy) is 1. The normalized spacial score (nSPS) is 10.3. The van der Waals surface area contributed by atoms with Gasteiger partial charge in [0.15, 0.2) is 0 Å². The van der Waals surface area contributed by atoms with Crippen molar-refractivity contribution >= 4 is 17.4 Å². The van der Waals surface area contributed by atoms with Gasteiger partial charge >= 0.3 is 6.03 Å². The molecule has 3 rings (SSSR count). The van der Waals surface area contributed by atoms with Gasteiger partial charge in [0.1, 0.15) is 5.75 Å². The van der Waals surface area contributed by atoms with Crippen LogP contribution in [0.1, 0.15) is 12.5 Å². The van der Waals surface area contributed by atoms with E-state index in [1.54, 1.807) is 18.2 Å². The predicted octanol–water partition coefficient (Wildman–Crippen LogP) is 3.79.